The Morgan fingerprint density at radius 3 is 2.71 bits per heavy atom. The van der Waals surface area contributed by atoms with Gasteiger partial charge in [0.25, 0.3) is 0 Å². The Bertz CT molecular complexity index is 494. The summed E-state index contributed by atoms with van der Waals surface area (Å²) in [4.78, 5) is 3.93. The van der Waals surface area contributed by atoms with Crippen molar-refractivity contribution in [1.29, 1.82) is 0 Å². The molecule has 1 aromatic heterocycles. The maximum absolute atomic E-state index is 13.5. The molecule has 0 bridgehead atoms. The van der Waals surface area contributed by atoms with Crippen molar-refractivity contribution in [3.05, 3.63) is 23.6 Å². The van der Waals surface area contributed by atoms with Crippen molar-refractivity contribution in [3.8, 4) is 5.88 Å². The molecule has 0 saturated carbocycles. The quantitative estimate of drug-likeness (QED) is 0.777. The number of hydrogen-bond acceptors (Lipinski definition) is 3. The Kier molecular flexibility index (Phi) is 7.03. The molecule has 0 aromatic carbocycles. The Morgan fingerprint density at radius 2 is 2.19 bits per heavy atom. The lowest BCUT2D eigenvalue weighted by atomic mass is 10.0. The third kappa shape index (κ3) is 5.52. The van der Waals surface area contributed by atoms with Crippen molar-refractivity contribution in [1.82, 2.24) is 9.71 Å². The summed E-state index contributed by atoms with van der Waals surface area (Å²) < 4.78 is 33.6. The summed E-state index contributed by atoms with van der Waals surface area (Å²) in [5.74, 6) is 0.352. The van der Waals surface area contributed by atoms with Crippen LogP contribution >= 0.6 is 11.6 Å². The van der Waals surface area contributed by atoms with Gasteiger partial charge in [-0.2, -0.15) is 0 Å². The molecule has 2 atom stereocenters. The van der Waals surface area contributed by atoms with E-state index in [1.165, 1.54) is 13.2 Å². The molecule has 0 saturated heterocycles. The van der Waals surface area contributed by atoms with Crippen molar-refractivity contribution >= 4 is 22.6 Å². The van der Waals surface area contributed by atoms with Crippen LogP contribution in [0.4, 0.5) is 4.39 Å². The van der Waals surface area contributed by atoms with E-state index in [1.807, 2.05) is 20.8 Å². The minimum atomic E-state index is -1.29. The lowest BCUT2D eigenvalue weighted by Gasteiger charge is -2.25. The summed E-state index contributed by atoms with van der Waals surface area (Å²) in [5, 5.41) is 0. The number of aromatic nitrogens is 1. The standard InChI is InChI=1S/C14H22ClFN2O2S/c1-14(2,3)21(19)18-12(6-5-7-15)11-8-10(16)9-17-13(11)20-4/h8-9,12,18H,5-7H2,1-4H3. The van der Waals surface area contributed by atoms with Crippen LogP contribution in [0, 0.1) is 5.82 Å². The predicted octanol–water partition coefficient (Wildman–Crippen LogP) is 3.34. The van der Waals surface area contributed by atoms with E-state index in [0.29, 0.717) is 30.2 Å². The van der Waals surface area contributed by atoms with Crippen LogP contribution in [0.25, 0.3) is 0 Å². The van der Waals surface area contributed by atoms with Crippen LogP contribution in [0.5, 0.6) is 5.88 Å². The van der Waals surface area contributed by atoms with Crippen molar-refractivity contribution in [2.24, 2.45) is 0 Å². The van der Waals surface area contributed by atoms with Gasteiger partial charge in [-0.15, -0.1) is 11.6 Å². The molecular formula is C14H22ClFN2O2S. The minimum Gasteiger partial charge on any atom is -0.481 e. The number of nitrogens with zero attached hydrogens (tertiary/aromatic N) is 1. The number of ether oxygens (including phenoxy) is 1. The normalized spacial score (nSPS) is 14.8. The summed E-state index contributed by atoms with van der Waals surface area (Å²) in [6.45, 7) is 5.61. The molecule has 4 nitrogen and oxygen atoms in total. The van der Waals surface area contributed by atoms with E-state index in [0.717, 1.165) is 6.20 Å². The first-order valence-electron chi connectivity index (χ1n) is 6.73. The van der Waals surface area contributed by atoms with Crippen LogP contribution in [-0.2, 0) is 11.0 Å². The highest BCUT2D eigenvalue weighted by molar-refractivity contribution is 7.84. The van der Waals surface area contributed by atoms with Crippen LogP contribution in [0.15, 0.2) is 12.3 Å². The maximum atomic E-state index is 13.5. The van der Waals surface area contributed by atoms with Crippen molar-refractivity contribution < 1.29 is 13.3 Å². The number of pyridine rings is 1. The Morgan fingerprint density at radius 1 is 1.52 bits per heavy atom. The van der Waals surface area contributed by atoms with Crippen molar-refractivity contribution in [2.75, 3.05) is 13.0 Å². The van der Waals surface area contributed by atoms with Gasteiger partial charge in [-0.3, -0.25) is 0 Å². The average Bonchev–Trinajstić information content (AvgIpc) is 2.42. The van der Waals surface area contributed by atoms with Gasteiger partial charge in [-0.05, 0) is 39.7 Å². The van der Waals surface area contributed by atoms with E-state index >= 15 is 0 Å². The first kappa shape index (κ1) is 18.3. The van der Waals surface area contributed by atoms with Crippen LogP contribution in [0.2, 0.25) is 0 Å². The van der Waals surface area contributed by atoms with E-state index in [4.69, 9.17) is 16.3 Å². The summed E-state index contributed by atoms with van der Waals surface area (Å²) in [6.07, 6.45) is 2.43. The van der Waals surface area contributed by atoms with E-state index < -0.39 is 21.5 Å². The zero-order valence-electron chi connectivity index (χ0n) is 12.8. The second-order valence-corrected chi connectivity index (χ2v) is 8.01. The number of halogens is 2. The highest BCUT2D eigenvalue weighted by Crippen LogP contribution is 2.28. The van der Waals surface area contributed by atoms with Crippen LogP contribution in [-0.4, -0.2) is 26.9 Å². The van der Waals surface area contributed by atoms with Gasteiger partial charge < -0.3 is 4.74 Å². The first-order valence-corrected chi connectivity index (χ1v) is 8.41. The molecule has 7 heteroatoms. The van der Waals surface area contributed by atoms with Gasteiger partial charge in [-0.1, -0.05) is 0 Å². The topological polar surface area (TPSA) is 51.2 Å². The zero-order chi connectivity index (χ0) is 16.0. The van der Waals surface area contributed by atoms with Crippen LogP contribution < -0.4 is 9.46 Å². The van der Waals surface area contributed by atoms with Crippen LogP contribution in [0.1, 0.15) is 45.2 Å². The van der Waals surface area contributed by atoms with Gasteiger partial charge >= 0.3 is 0 Å². The molecule has 0 spiro atoms. The zero-order valence-corrected chi connectivity index (χ0v) is 14.4. The molecule has 0 radical (unpaired) electrons. The number of nitrogens with one attached hydrogen (secondary N) is 1. The summed E-state index contributed by atoms with van der Waals surface area (Å²) in [6, 6.07) is 1.03. The highest BCUT2D eigenvalue weighted by atomic mass is 35.5. The van der Waals surface area contributed by atoms with Gasteiger partial charge in [0.2, 0.25) is 5.88 Å². The second kappa shape index (κ2) is 8.06. The molecule has 120 valence electrons. The maximum Gasteiger partial charge on any atom is 0.218 e. The van der Waals surface area contributed by atoms with Gasteiger partial charge in [0, 0.05) is 17.5 Å². The molecule has 1 aromatic rings. The molecule has 0 aliphatic carbocycles. The molecule has 0 aliphatic heterocycles. The van der Waals surface area contributed by atoms with E-state index in [-0.39, 0.29) is 6.04 Å². The molecule has 1 heterocycles. The molecule has 1 N–H and O–H groups in total. The lowest BCUT2D eigenvalue weighted by Crippen LogP contribution is -2.36. The fourth-order valence-electron chi connectivity index (χ4n) is 1.73. The Labute approximate surface area is 133 Å². The fraction of sp³-hybridized carbons (Fsp3) is 0.643. The van der Waals surface area contributed by atoms with Gasteiger partial charge in [0.05, 0.1) is 29.0 Å². The van der Waals surface area contributed by atoms with Crippen molar-refractivity contribution in [3.63, 3.8) is 0 Å². The second-order valence-electron chi connectivity index (χ2n) is 5.63. The smallest absolute Gasteiger partial charge is 0.218 e. The summed E-state index contributed by atoms with van der Waals surface area (Å²) >= 11 is 5.74. The van der Waals surface area contributed by atoms with Gasteiger partial charge in [0.1, 0.15) is 5.82 Å². The average molecular weight is 337 g/mol. The number of methoxy groups -OCH3 is 1. The predicted molar refractivity (Wildman–Crippen MR) is 84.5 cm³/mol. The third-order valence-corrected chi connectivity index (χ3v) is 4.72. The third-order valence-electron chi connectivity index (χ3n) is 2.85. The van der Waals surface area contributed by atoms with E-state index in [1.54, 1.807) is 0 Å². The Hall–Kier alpha value is -0.720. The monoisotopic (exact) mass is 336 g/mol. The molecule has 2 unspecified atom stereocenters. The molecule has 0 amide bonds. The van der Waals surface area contributed by atoms with Crippen molar-refractivity contribution in [2.45, 2.75) is 44.4 Å². The summed E-state index contributed by atoms with van der Waals surface area (Å²) in [5.41, 5.74) is 0.556. The minimum absolute atomic E-state index is 0.328. The van der Waals surface area contributed by atoms with Gasteiger partial charge in [0.15, 0.2) is 0 Å². The molecular weight excluding hydrogens is 315 g/mol. The van der Waals surface area contributed by atoms with E-state index in [9.17, 15) is 8.60 Å². The largest absolute Gasteiger partial charge is 0.481 e. The Balaban J connectivity index is 3.07. The molecule has 1 rings (SSSR count). The van der Waals surface area contributed by atoms with Crippen LogP contribution in [0.3, 0.4) is 0 Å². The van der Waals surface area contributed by atoms with E-state index in [2.05, 4.69) is 9.71 Å². The number of rotatable bonds is 7. The molecule has 21 heavy (non-hydrogen) atoms. The lowest BCUT2D eigenvalue weighted by molar-refractivity contribution is 0.382. The highest BCUT2D eigenvalue weighted by Gasteiger charge is 2.25. The summed E-state index contributed by atoms with van der Waals surface area (Å²) in [7, 11) is 0.188. The molecule has 0 fully saturated rings. The first-order chi connectivity index (χ1) is 9.79. The SMILES string of the molecule is COc1ncc(F)cc1C(CCCCl)NS(=O)C(C)(C)C. The van der Waals surface area contributed by atoms with Gasteiger partial charge in [-0.25, -0.2) is 18.3 Å². The number of alkyl halides is 1. The number of hydrogen-bond donors (Lipinski definition) is 1. The molecule has 0 aliphatic rings. The fourth-order valence-corrected chi connectivity index (χ4v) is 2.74.